The lowest BCUT2D eigenvalue weighted by Gasteiger charge is -2.21. The summed E-state index contributed by atoms with van der Waals surface area (Å²) < 4.78 is 27.6. The first-order chi connectivity index (χ1) is 11.0. The van der Waals surface area contributed by atoms with Crippen LogP contribution in [0, 0.1) is 11.6 Å². The number of rotatable bonds is 3. The maximum Gasteiger partial charge on any atom is 0.146 e. The maximum absolute atomic E-state index is 14.2. The third-order valence-electron chi connectivity index (χ3n) is 3.68. The molecule has 2 nitrogen and oxygen atoms in total. The van der Waals surface area contributed by atoms with Gasteiger partial charge < -0.3 is 10.0 Å². The van der Waals surface area contributed by atoms with E-state index in [2.05, 4.69) is 0 Å². The molecule has 0 aliphatic heterocycles. The van der Waals surface area contributed by atoms with Gasteiger partial charge in [0, 0.05) is 18.8 Å². The minimum atomic E-state index is -0.393. The van der Waals surface area contributed by atoms with Crippen molar-refractivity contribution >= 4 is 11.4 Å². The Morgan fingerprint density at radius 2 is 1.57 bits per heavy atom. The van der Waals surface area contributed by atoms with Crippen LogP contribution < -0.4 is 4.90 Å². The van der Waals surface area contributed by atoms with Gasteiger partial charge in [0.15, 0.2) is 0 Å². The average Bonchev–Trinajstić information content (AvgIpc) is 2.54. The molecule has 0 unspecified atom stereocenters. The number of anilines is 2. The monoisotopic (exact) mass is 311 g/mol. The predicted molar refractivity (Wildman–Crippen MR) is 88.0 cm³/mol. The largest absolute Gasteiger partial charge is 0.508 e. The molecule has 116 valence electrons. The smallest absolute Gasteiger partial charge is 0.146 e. The Balaban J connectivity index is 2.04. The van der Waals surface area contributed by atoms with Gasteiger partial charge in [0.2, 0.25) is 0 Å². The molecule has 0 spiro atoms. The number of aromatic hydroxyl groups is 1. The lowest BCUT2D eigenvalue weighted by atomic mass is 10.0. The van der Waals surface area contributed by atoms with Crippen molar-refractivity contribution < 1.29 is 13.9 Å². The van der Waals surface area contributed by atoms with Gasteiger partial charge in [-0.25, -0.2) is 8.78 Å². The summed E-state index contributed by atoms with van der Waals surface area (Å²) >= 11 is 0. The molecule has 0 bridgehead atoms. The van der Waals surface area contributed by atoms with Crippen molar-refractivity contribution in [1.82, 2.24) is 0 Å². The molecule has 3 aromatic carbocycles. The Kier molecular flexibility index (Phi) is 3.98. The van der Waals surface area contributed by atoms with E-state index in [0.29, 0.717) is 22.5 Å². The van der Waals surface area contributed by atoms with E-state index in [1.165, 1.54) is 18.2 Å². The van der Waals surface area contributed by atoms with Crippen molar-refractivity contribution in [2.75, 3.05) is 11.9 Å². The van der Waals surface area contributed by atoms with Gasteiger partial charge in [-0.3, -0.25) is 0 Å². The second kappa shape index (κ2) is 6.08. The Morgan fingerprint density at radius 3 is 2.30 bits per heavy atom. The third-order valence-corrected chi connectivity index (χ3v) is 3.68. The standard InChI is InChI=1S/C19H15F2NO/c1-22(16-6-3-7-17(23)12-16)19-11-14(8-9-18(19)21)13-4-2-5-15(20)10-13/h2-12,23H,1H3. The maximum atomic E-state index is 14.2. The number of hydrogen-bond acceptors (Lipinski definition) is 2. The summed E-state index contributed by atoms with van der Waals surface area (Å²) in [6, 6.07) is 17.4. The van der Waals surface area contributed by atoms with Gasteiger partial charge in [0.1, 0.15) is 17.4 Å². The molecule has 0 amide bonds. The predicted octanol–water partition coefficient (Wildman–Crippen LogP) is 5.11. The lowest BCUT2D eigenvalue weighted by Crippen LogP contribution is -2.11. The van der Waals surface area contributed by atoms with E-state index in [0.717, 1.165) is 0 Å². The molecule has 0 saturated carbocycles. The highest BCUT2D eigenvalue weighted by Gasteiger charge is 2.12. The van der Waals surface area contributed by atoms with Crippen molar-refractivity contribution in [2.45, 2.75) is 0 Å². The molecule has 0 atom stereocenters. The summed E-state index contributed by atoms with van der Waals surface area (Å²) in [6.07, 6.45) is 0. The van der Waals surface area contributed by atoms with Crippen LogP contribution in [0.25, 0.3) is 11.1 Å². The number of hydrogen-bond donors (Lipinski definition) is 1. The number of benzene rings is 3. The highest BCUT2D eigenvalue weighted by atomic mass is 19.1. The van der Waals surface area contributed by atoms with Crippen molar-refractivity contribution in [3.05, 3.63) is 78.4 Å². The molecule has 0 fully saturated rings. The van der Waals surface area contributed by atoms with Gasteiger partial charge in [0.25, 0.3) is 0 Å². The minimum absolute atomic E-state index is 0.107. The zero-order valence-corrected chi connectivity index (χ0v) is 12.5. The second-order valence-electron chi connectivity index (χ2n) is 5.26. The number of halogens is 2. The molecule has 0 aromatic heterocycles. The molecule has 3 rings (SSSR count). The second-order valence-corrected chi connectivity index (χ2v) is 5.26. The van der Waals surface area contributed by atoms with Crippen LogP contribution in [0.1, 0.15) is 0 Å². The van der Waals surface area contributed by atoms with E-state index in [-0.39, 0.29) is 11.6 Å². The zero-order chi connectivity index (χ0) is 16.4. The summed E-state index contributed by atoms with van der Waals surface area (Å²) in [6.45, 7) is 0. The van der Waals surface area contributed by atoms with E-state index in [9.17, 15) is 13.9 Å². The highest BCUT2D eigenvalue weighted by Crippen LogP contribution is 2.32. The first kappa shape index (κ1) is 15.0. The van der Waals surface area contributed by atoms with Crippen molar-refractivity contribution in [3.8, 4) is 16.9 Å². The molecule has 0 heterocycles. The van der Waals surface area contributed by atoms with Crippen LogP contribution in [-0.4, -0.2) is 12.2 Å². The molecule has 0 radical (unpaired) electrons. The van der Waals surface area contributed by atoms with Crippen LogP contribution in [-0.2, 0) is 0 Å². The van der Waals surface area contributed by atoms with Crippen molar-refractivity contribution in [1.29, 1.82) is 0 Å². The topological polar surface area (TPSA) is 23.5 Å². The van der Waals surface area contributed by atoms with E-state index in [1.807, 2.05) is 0 Å². The van der Waals surface area contributed by atoms with Crippen LogP contribution in [0.4, 0.5) is 20.2 Å². The first-order valence-corrected chi connectivity index (χ1v) is 7.13. The quantitative estimate of drug-likeness (QED) is 0.727. The minimum Gasteiger partial charge on any atom is -0.508 e. The van der Waals surface area contributed by atoms with Crippen LogP contribution in [0.15, 0.2) is 66.7 Å². The number of nitrogens with zero attached hydrogens (tertiary/aromatic N) is 1. The molecular formula is C19H15F2NO. The highest BCUT2D eigenvalue weighted by molar-refractivity contribution is 5.72. The molecule has 0 aliphatic carbocycles. The Morgan fingerprint density at radius 1 is 0.826 bits per heavy atom. The number of phenolic OH excluding ortho intramolecular Hbond substituents is 1. The molecule has 1 N–H and O–H groups in total. The van der Waals surface area contributed by atoms with Gasteiger partial charge in [-0.15, -0.1) is 0 Å². The normalized spacial score (nSPS) is 10.6. The average molecular weight is 311 g/mol. The molecule has 4 heteroatoms. The Hall–Kier alpha value is -2.88. The summed E-state index contributed by atoms with van der Waals surface area (Å²) in [4.78, 5) is 1.64. The van der Waals surface area contributed by atoms with Crippen LogP contribution in [0.5, 0.6) is 5.75 Å². The summed E-state index contributed by atoms with van der Waals surface area (Å²) in [5.74, 6) is -0.623. The summed E-state index contributed by atoms with van der Waals surface area (Å²) in [5.41, 5.74) is 2.39. The van der Waals surface area contributed by atoms with Crippen molar-refractivity contribution in [3.63, 3.8) is 0 Å². The van der Waals surface area contributed by atoms with Crippen molar-refractivity contribution in [2.24, 2.45) is 0 Å². The van der Waals surface area contributed by atoms with Crippen LogP contribution >= 0.6 is 0 Å². The SMILES string of the molecule is CN(c1cccc(O)c1)c1cc(-c2cccc(F)c2)ccc1F. The van der Waals surface area contributed by atoms with Crippen LogP contribution in [0.2, 0.25) is 0 Å². The lowest BCUT2D eigenvalue weighted by molar-refractivity contribution is 0.475. The summed E-state index contributed by atoms with van der Waals surface area (Å²) in [5, 5.41) is 9.58. The molecule has 0 aliphatic rings. The van der Waals surface area contributed by atoms with Gasteiger partial charge >= 0.3 is 0 Å². The van der Waals surface area contributed by atoms with E-state index in [1.54, 1.807) is 60.5 Å². The Labute approximate surface area is 133 Å². The zero-order valence-electron chi connectivity index (χ0n) is 12.5. The fraction of sp³-hybridized carbons (Fsp3) is 0.0526. The van der Waals surface area contributed by atoms with E-state index in [4.69, 9.17) is 0 Å². The van der Waals surface area contributed by atoms with E-state index >= 15 is 0 Å². The fourth-order valence-corrected chi connectivity index (χ4v) is 2.46. The van der Waals surface area contributed by atoms with E-state index < -0.39 is 5.82 Å². The molecule has 3 aromatic rings. The first-order valence-electron chi connectivity index (χ1n) is 7.13. The summed E-state index contributed by atoms with van der Waals surface area (Å²) in [7, 11) is 1.71. The van der Waals surface area contributed by atoms with Gasteiger partial charge in [0.05, 0.1) is 5.69 Å². The molecule has 23 heavy (non-hydrogen) atoms. The van der Waals surface area contributed by atoms with Gasteiger partial charge in [-0.05, 0) is 47.5 Å². The third kappa shape index (κ3) is 3.16. The molecule has 0 saturated heterocycles. The molecular weight excluding hydrogens is 296 g/mol. The van der Waals surface area contributed by atoms with Crippen LogP contribution in [0.3, 0.4) is 0 Å². The number of phenols is 1. The van der Waals surface area contributed by atoms with Gasteiger partial charge in [-0.2, -0.15) is 0 Å². The fourth-order valence-electron chi connectivity index (χ4n) is 2.46. The Bertz CT molecular complexity index is 848. The van der Waals surface area contributed by atoms with Gasteiger partial charge in [-0.1, -0.05) is 24.3 Å².